The Morgan fingerprint density at radius 2 is 0.952 bits per heavy atom. The smallest absolute Gasteiger partial charge is 0.118 e. The summed E-state index contributed by atoms with van der Waals surface area (Å²) in [5.41, 5.74) is 1.99. The summed E-state index contributed by atoms with van der Waals surface area (Å²) in [5.74, 6) is 1.64. The molecule has 0 aliphatic heterocycles. The van der Waals surface area contributed by atoms with Gasteiger partial charge in [-0.25, -0.2) is 0 Å². The molecular weight excluding hydrogens is 395 g/mol. The molecule has 2 aromatic carbocycles. The molecule has 0 aliphatic rings. The minimum Gasteiger partial charge on any atom is -0.497 e. The van der Waals surface area contributed by atoms with Crippen molar-refractivity contribution in [2.75, 3.05) is 14.2 Å². The minimum absolute atomic E-state index is 0. The van der Waals surface area contributed by atoms with Gasteiger partial charge in [-0.05, 0) is 35.4 Å². The summed E-state index contributed by atoms with van der Waals surface area (Å²) in [6, 6.07) is 15.5. The maximum Gasteiger partial charge on any atom is 0.118 e. The van der Waals surface area contributed by atoms with Crippen LogP contribution < -0.4 is 9.47 Å². The average molecular weight is 411 g/mol. The van der Waals surface area contributed by atoms with Crippen molar-refractivity contribution in [2.24, 2.45) is 0 Å². The van der Waals surface area contributed by atoms with Gasteiger partial charge in [0.1, 0.15) is 11.5 Å². The molecule has 0 spiro atoms. The van der Waals surface area contributed by atoms with Crippen molar-refractivity contribution in [1.29, 1.82) is 0 Å². The van der Waals surface area contributed by atoms with E-state index in [-0.39, 0.29) is 20.4 Å². The standard InChI is InChI=1S/C16H16O2S2.Pd/c1-17-13-7-3-11(4-8-13)15(19)16(20)12-5-9-14(18-2)10-6-12;/h3-10,19-20H,1-2H3;. The van der Waals surface area contributed by atoms with Gasteiger partial charge in [-0.2, -0.15) is 0 Å². The van der Waals surface area contributed by atoms with Crippen LogP contribution in [0, 0.1) is 0 Å². The van der Waals surface area contributed by atoms with Gasteiger partial charge in [-0.3, -0.25) is 0 Å². The molecule has 0 aliphatic carbocycles. The number of methoxy groups -OCH3 is 2. The number of benzene rings is 2. The molecule has 2 nitrogen and oxygen atoms in total. The van der Waals surface area contributed by atoms with Gasteiger partial charge >= 0.3 is 0 Å². The van der Waals surface area contributed by atoms with Gasteiger partial charge < -0.3 is 9.47 Å². The Labute approximate surface area is 150 Å². The Hall–Kier alpha value is -0.858. The summed E-state index contributed by atoms with van der Waals surface area (Å²) in [7, 11) is 3.29. The molecule has 114 valence electrons. The normalized spacial score (nSPS) is 11.2. The molecule has 0 bridgehead atoms. The fourth-order valence-electron chi connectivity index (χ4n) is 1.77. The van der Waals surface area contributed by atoms with E-state index in [1.807, 2.05) is 48.5 Å². The van der Waals surface area contributed by atoms with Crippen LogP contribution >= 0.6 is 25.3 Å². The molecule has 0 aromatic heterocycles. The zero-order chi connectivity index (χ0) is 14.5. The van der Waals surface area contributed by atoms with Gasteiger partial charge in [0.05, 0.1) is 14.2 Å². The number of hydrogen-bond acceptors (Lipinski definition) is 4. The predicted octanol–water partition coefficient (Wildman–Crippen LogP) is 4.39. The van der Waals surface area contributed by atoms with Crippen LogP contribution in [-0.2, 0) is 20.4 Å². The molecule has 5 heteroatoms. The van der Waals surface area contributed by atoms with Gasteiger partial charge in [0.25, 0.3) is 0 Å². The van der Waals surface area contributed by atoms with Crippen molar-refractivity contribution in [3.05, 3.63) is 59.7 Å². The Morgan fingerprint density at radius 3 is 1.19 bits per heavy atom. The maximum absolute atomic E-state index is 5.15. The molecule has 0 N–H and O–H groups in total. The van der Waals surface area contributed by atoms with Crippen LogP contribution in [-0.4, -0.2) is 14.2 Å². The fourth-order valence-corrected chi connectivity index (χ4v) is 2.33. The molecular formula is C16H16O2PdS2. The third kappa shape index (κ3) is 4.55. The van der Waals surface area contributed by atoms with E-state index >= 15 is 0 Å². The molecule has 2 aromatic rings. The largest absolute Gasteiger partial charge is 0.497 e. The van der Waals surface area contributed by atoms with Crippen LogP contribution in [0.4, 0.5) is 0 Å². The van der Waals surface area contributed by atoms with Crippen LogP contribution in [0.25, 0.3) is 9.81 Å². The molecule has 0 saturated heterocycles. The van der Waals surface area contributed by atoms with Gasteiger partial charge in [0, 0.05) is 30.2 Å². The van der Waals surface area contributed by atoms with Gasteiger partial charge in [0.2, 0.25) is 0 Å². The van der Waals surface area contributed by atoms with E-state index in [9.17, 15) is 0 Å². The first-order chi connectivity index (χ1) is 9.65. The number of ether oxygens (including phenoxy) is 2. The molecule has 0 fully saturated rings. The number of rotatable bonds is 4. The van der Waals surface area contributed by atoms with Crippen LogP contribution in [0.15, 0.2) is 48.5 Å². The molecule has 0 radical (unpaired) electrons. The van der Waals surface area contributed by atoms with E-state index < -0.39 is 0 Å². The summed E-state index contributed by atoms with van der Waals surface area (Å²) >= 11 is 9.14. The van der Waals surface area contributed by atoms with E-state index in [1.54, 1.807) is 14.2 Å². The summed E-state index contributed by atoms with van der Waals surface area (Å²) in [6.07, 6.45) is 0. The van der Waals surface area contributed by atoms with E-state index in [1.165, 1.54) is 0 Å². The minimum atomic E-state index is 0. The van der Waals surface area contributed by atoms with E-state index in [0.29, 0.717) is 0 Å². The Kier molecular flexibility index (Phi) is 7.41. The molecule has 0 unspecified atom stereocenters. The maximum atomic E-state index is 5.15. The first-order valence-electron chi connectivity index (χ1n) is 6.06. The van der Waals surface area contributed by atoms with Crippen LogP contribution in [0.5, 0.6) is 11.5 Å². The van der Waals surface area contributed by atoms with E-state index in [2.05, 4.69) is 25.3 Å². The fraction of sp³-hybridized carbons (Fsp3) is 0.125. The van der Waals surface area contributed by atoms with Crippen molar-refractivity contribution < 1.29 is 29.9 Å². The Balaban J connectivity index is 0.00000220. The second kappa shape index (κ2) is 8.55. The summed E-state index contributed by atoms with van der Waals surface area (Å²) < 4.78 is 10.3. The zero-order valence-corrected chi connectivity index (χ0v) is 15.0. The van der Waals surface area contributed by atoms with Crippen LogP contribution in [0.3, 0.4) is 0 Å². The quantitative estimate of drug-likeness (QED) is 0.442. The SMILES string of the molecule is COc1ccc(C(S)=C(S)c2ccc(OC)cc2)cc1.[Pd]. The second-order valence-electron chi connectivity index (χ2n) is 4.15. The number of thiol groups is 2. The van der Waals surface area contributed by atoms with Gasteiger partial charge in [-0.1, -0.05) is 24.3 Å². The van der Waals surface area contributed by atoms with E-state index in [4.69, 9.17) is 9.47 Å². The molecule has 2 rings (SSSR count). The molecule has 0 heterocycles. The molecule has 21 heavy (non-hydrogen) atoms. The first kappa shape index (κ1) is 18.2. The Bertz CT molecular complexity index is 552. The summed E-state index contributed by atoms with van der Waals surface area (Å²) in [6.45, 7) is 0. The topological polar surface area (TPSA) is 18.5 Å². The van der Waals surface area contributed by atoms with Crippen molar-refractivity contribution >= 4 is 35.1 Å². The molecule has 0 atom stereocenters. The van der Waals surface area contributed by atoms with Crippen LogP contribution in [0.2, 0.25) is 0 Å². The zero-order valence-electron chi connectivity index (χ0n) is 11.6. The third-order valence-corrected chi connectivity index (χ3v) is 4.09. The predicted molar refractivity (Wildman–Crippen MR) is 90.8 cm³/mol. The summed E-state index contributed by atoms with van der Waals surface area (Å²) in [4.78, 5) is 1.64. The first-order valence-corrected chi connectivity index (χ1v) is 6.96. The monoisotopic (exact) mass is 410 g/mol. The molecule has 0 saturated carbocycles. The van der Waals surface area contributed by atoms with Crippen molar-refractivity contribution in [1.82, 2.24) is 0 Å². The van der Waals surface area contributed by atoms with Gasteiger partial charge in [-0.15, -0.1) is 25.3 Å². The Morgan fingerprint density at radius 1 is 0.667 bits per heavy atom. The number of hydrogen-bond donors (Lipinski definition) is 2. The summed E-state index contributed by atoms with van der Waals surface area (Å²) in [5, 5.41) is 0. The van der Waals surface area contributed by atoms with E-state index in [0.717, 1.165) is 32.4 Å². The third-order valence-electron chi connectivity index (χ3n) is 2.95. The average Bonchev–Trinajstić information content (AvgIpc) is 2.53. The molecule has 0 amide bonds. The van der Waals surface area contributed by atoms with Crippen molar-refractivity contribution in [2.45, 2.75) is 0 Å². The van der Waals surface area contributed by atoms with Crippen molar-refractivity contribution in [3.8, 4) is 11.5 Å². The second-order valence-corrected chi connectivity index (χ2v) is 5.05. The van der Waals surface area contributed by atoms with Crippen molar-refractivity contribution in [3.63, 3.8) is 0 Å². The van der Waals surface area contributed by atoms with Gasteiger partial charge in [0.15, 0.2) is 0 Å². The van der Waals surface area contributed by atoms with Crippen LogP contribution in [0.1, 0.15) is 11.1 Å².